The first-order chi connectivity index (χ1) is 11.6. The first-order valence-corrected chi connectivity index (χ1v) is 9.55. The van der Waals surface area contributed by atoms with Crippen molar-refractivity contribution in [1.29, 1.82) is 0 Å². The van der Waals surface area contributed by atoms with E-state index in [0.717, 1.165) is 32.2 Å². The van der Waals surface area contributed by atoms with E-state index in [1.54, 1.807) is 0 Å². The van der Waals surface area contributed by atoms with Gasteiger partial charge in [-0.1, -0.05) is 32.6 Å². The van der Waals surface area contributed by atoms with E-state index in [2.05, 4.69) is 37.5 Å². The third-order valence-electron chi connectivity index (χ3n) is 7.05. The van der Waals surface area contributed by atoms with Gasteiger partial charge in [-0.3, -0.25) is 14.5 Å². The van der Waals surface area contributed by atoms with Crippen molar-refractivity contribution in [2.75, 3.05) is 20.6 Å². The summed E-state index contributed by atoms with van der Waals surface area (Å²) in [6, 6.07) is 0. The van der Waals surface area contributed by atoms with E-state index in [-0.39, 0.29) is 22.0 Å². The van der Waals surface area contributed by atoms with Crippen LogP contribution >= 0.6 is 0 Å². The number of allylic oxidation sites excluding steroid dienone is 2. The lowest BCUT2D eigenvalue weighted by Gasteiger charge is -2.59. The van der Waals surface area contributed by atoms with Crippen molar-refractivity contribution in [2.24, 2.45) is 22.2 Å². The fourth-order valence-corrected chi connectivity index (χ4v) is 5.63. The lowest BCUT2D eigenvalue weighted by molar-refractivity contribution is -0.141. The number of carbonyl (C=O) groups excluding carboxylic acids is 2. The van der Waals surface area contributed by atoms with Crippen molar-refractivity contribution >= 4 is 11.6 Å². The fourth-order valence-electron chi connectivity index (χ4n) is 5.63. The molecule has 3 nitrogen and oxygen atoms in total. The van der Waals surface area contributed by atoms with Crippen molar-refractivity contribution in [3.05, 3.63) is 11.6 Å². The van der Waals surface area contributed by atoms with E-state index in [4.69, 9.17) is 0 Å². The van der Waals surface area contributed by atoms with Crippen molar-refractivity contribution < 1.29 is 9.59 Å². The first kappa shape index (κ1) is 18.4. The van der Waals surface area contributed by atoms with Crippen LogP contribution in [0.25, 0.3) is 0 Å². The number of nitrogens with zero attached hydrogens (tertiary/aromatic N) is 1. The highest BCUT2D eigenvalue weighted by atomic mass is 16.1. The zero-order chi connectivity index (χ0) is 18.5. The van der Waals surface area contributed by atoms with Crippen LogP contribution in [0.1, 0.15) is 59.3 Å². The Hall–Kier alpha value is -1.40. The van der Waals surface area contributed by atoms with Crippen LogP contribution in [0, 0.1) is 34.0 Å². The molecule has 0 amide bonds. The van der Waals surface area contributed by atoms with Gasteiger partial charge in [-0.15, -0.1) is 0 Å². The molecule has 3 aliphatic carbocycles. The molecule has 0 aromatic carbocycles. The number of carbonyl (C=O) groups is 2. The van der Waals surface area contributed by atoms with E-state index in [1.165, 1.54) is 5.57 Å². The van der Waals surface area contributed by atoms with Crippen molar-refractivity contribution in [2.45, 2.75) is 59.3 Å². The number of fused-ring (bicyclic) bond motifs is 3. The molecule has 2 fully saturated rings. The molecule has 2 saturated carbocycles. The maximum absolute atomic E-state index is 12.5. The normalized spacial score (nSPS) is 36.9. The van der Waals surface area contributed by atoms with Crippen LogP contribution in [0.2, 0.25) is 0 Å². The molecule has 0 aliphatic heterocycles. The highest BCUT2D eigenvalue weighted by molar-refractivity contribution is 5.93. The third kappa shape index (κ3) is 2.89. The van der Waals surface area contributed by atoms with Gasteiger partial charge in [-0.2, -0.15) is 0 Å². The average molecular weight is 341 g/mol. The van der Waals surface area contributed by atoms with E-state index >= 15 is 0 Å². The quantitative estimate of drug-likeness (QED) is 0.684. The second-order valence-corrected chi connectivity index (χ2v) is 9.30. The van der Waals surface area contributed by atoms with Gasteiger partial charge in [0.15, 0.2) is 5.78 Å². The summed E-state index contributed by atoms with van der Waals surface area (Å²) in [6.07, 6.45) is 6.83. The van der Waals surface area contributed by atoms with Gasteiger partial charge in [0.25, 0.3) is 0 Å². The summed E-state index contributed by atoms with van der Waals surface area (Å²) in [5, 5.41) is 0. The molecule has 0 unspecified atom stereocenters. The Morgan fingerprint density at radius 3 is 2.52 bits per heavy atom. The van der Waals surface area contributed by atoms with Crippen molar-refractivity contribution in [3.8, 4) is 11.8 Å². The minimum Gasteiger partial charge on any atom is -0.299 e. The molecule has 0 aromatic heterocycles. The van der Waals surface area contributed by atoms with E-state index < -0.39 is 0 Å². The largest absolute Gasteiger partial charge is 0.299 e. The van der Waals surface area contributed by atoms with Gasteiger partial charge < -0.3 is 0 Å². The Morgan fingerprint density at radius 2 is 1.84 bits per heavy atom. The molecular weight excluding hydrogens is 310 g/mol. The summed E-state index contributed by atoms with van der Waals surface area (Å²) in [6.45, 7) is 7.24. The standard InChI is InChI=1S/C22H31NO2/c1-20(2)17-8-13-22(10-6-14-23(4)5)12-7-16(24)15-18(22)21(17,3)11-9-19(20)25/h15,17H,7-9,11-14H2,1-5H3/t17-,21-,22+/m0/s1. The number of hydrogen-bond acceptors (Lipinski definition) is 3. The second-order valence-electron chi connectivity index (χ2n) is 9.30. The molecule has 0 spiro atoms. The minimum absolute atomic E-state index is 0.0848. The molecule has 0 heterocycles. The number of Topliss-reactive ketones (excluding diaryl/α,β-unsaturated/α-hetero) is 1. The lowest BCUT2D eigenvalue weighted by atomic mass is 9.44. The average Bonchev–Trinajstić information content (AvgIpc) is 2.52. The SMILES string of the molecule is CN(C)CC#C[C@]12CCC(=O)C=C1[C@@]1(C)CCC(=O)C(C)(C)[C@@H]1CC2. The summed E-state index contributed by atoms with van der Waals surface area (Å²) in [7, 11) is 4.06. The monoisotopic (exact) mass is 341 g/mol. The first-order valence-electron chi connectivity index (χ1n) is 9.55. The molecule has 0 N–H and O–H groups in total. The maximum atomic E-state index is 12.5. The summed E-state index contributed by atoms with van der Waals surface area (Å²) < 4.78 is 0. The Labute approximate surface area is 152 Å². The second kappa shape index (κ2) is 6.09. The van der Waals surface area contributed by atoms with Crippen LogP contribution < -0.4 is 0 Å². The van der Waals surface area contributed by atoms with E-state index in [0.29, 0.717) is 24.5 Å². The van der Waals surface area contributed by atoms with Gasteiger partial charge in [0, 0.05) is 18.3 Å². The fraction of sp³-hybridized carbons (Fsp3) is 0.727. The molecule has 136 valence electrons. The molecule has 0 saturated heterocycles. The minimum atomic E-state index is -0.308. The molecule has 0 bridgehead atoms. The van der Waals surface area contributed by atoms with Crippen LogP contribution in [0.4, 0.5) is 0 Å². The van der Waals surface area contributed by atoms with Crippen LogP contribution in [0.5, 0.6) is 0 Å². The Balaban J connectivity index is 2.06. The Kier molecular flexibility index (Phi) is 4.48. The van der Waals surface area contributed by atoms with Crippen LogP contribution in [0.3, 0.4) is 0 Å². The third-order valence-corrected chi connectivity index (χ3v) is 7.05. The molecule has 25 heavy (non-hydrogen) atoms. The van der Waals surface area contributed by atoms with Gasteiger partial charge in [0.05, 0.1) is 12.0 Å². The smallest absolute Gasteiger partial charge is 0.155 e. The number of rotatable bonds is 1. The summed E-state index contributed by atoms with van der Waals surface area (Å²) in [5.41, 5.74) is 0.682. The van der Waals surface area contributed by atoms with Crippen LogP contribution in [-0.2, 0) is 9.59 Å². The Morgan fingerprint density at radius 1 is 1.12 bits per heavy atom. The van der Waals surface area contributed by atoms with Crippen LogP contribution in [-0.4, -0.2) is 37.1 Å². The predicted molar refractivity (Wildman–Crippen MR) is 99.9 cm³/mol. The maximum Gasteiger partial charge on any atom is 0.155 e. The molecule has 3 heteroatoms. The summed E-state index contributed by atoms with van der Waals surface area (Å²) >= 11 is 0. The van der Waals surface area contributed by atoms with Gasteiger partial charge in [0.2, 0.25) is 0 Å². The van der Waals surface area contributed by atoms with Gasteiger partial charge >= 0.3 is 0 Å². The zero-order valence-corrected chi connectivity index (χ0v) is 16.4. The molecule has 0 radical (unpaired) electrons. The van der Waals surface area contributed by atoms with E-state index in [1.807, 2.05) is 20.2 Å². The summed E-state index contributed by atoms with van der Waals surface area (Å²) in [5.74, 6) is 7.87. The zero-order valence-electron chi connectivity index (χ0n) is 16.4. The molecule has 0 aromatic rings. The Bertz CT molecular complexity index is 691. The highest BCUT2D eigenvalue weighted by Crippen LogP contribution is 2.64. The topological polar surface area (TPSA) is 37.4 Å². The predicted octanol–water partition coefficient (Wildman–Crippen LogP) is 3.63. The number of hydrogen-bond donors (Lipinski definition) is 0. The number of ketones is 2. The van der Waals surface area contributed by atoms with Gasteiger partial charge in [-0.25, -0.2) is 0 Å². The lowest BCUT2D eigenvalue weighted by Crippen LogP contribution is -2.54. The van der Waals surface area contributed by atoms with Gasteiger partial charge in [0.1, 0.15) is 5.78 Å². The van der Waals surface area contributed by atoms with E-state index in [9.17, 15) is 9.59 Å². The van der Waals surface area contributed by atoms with Gasteiger partial charge in [-0.05, 0) is 62.8 Å². The molecule has 3 atom stereocenters. The highest BCUT2D eigenvalue weighted by Gasteiger charge is 2.59. The van der Waals surface area contributed by atoms with Crippen molar-refractivity contribution in [3.63, 3.8) is 0 Å². The van der Waals surface area contributed by atoms with Crippen LogP contribution in [0.15, 0.2) is 11.6 Å². The molecule has 3 rings (SSSR count). The molecule has 3 aliphatic rings. The molecular formula is C22H31NO2. The summed E-state index contributed by atoms with van der Waals surface area (Å²) in [4.78, 5) is 26.9. The van der Waals surface area contributed by atoms with Crippen molar-refractivity contribution in [1.82, 2.24) is 4.90 Å².